The largest absolute Gasteiger partial charge is 0.389 e. The normalized spacial score (nSPS) is 14.4. The second kappa shape index (κ2) is 4.45. The van der Waals surface area contributed by atoms with Crippen LogP contribution in [-0.2, 0) is 6.42 Å². The molecule has 3 heteroatoms. The smallest absolute Gasteiger partial charge is 0.0789 e. The molecule has 0 heterocycles. The van der Waals surface area contributed by atoms with Gasteiger partial charge in [0.2, 0.25) is 0 Å². The molecule has 0 amide bonds. The van der Waals surface area contributed by atoms with E-state index < -0.39 is 5.60 Å². The van der Waals surface area contributed by atoms with Crippen molar-refractivity contribution >= 4 is 11.6 Å². The van der Waals surface area contributed by atoms with Crippen LogP contribution in [0.4, 0.5) is 0 Å². The summed E-state index contributed by atoms with van der Waals surface area (Å²) in [6, 6.07) is 9.23. The van der Waals surface area contributed by atoms with Crippen LogP contribution < -0.4 is 0 Å². The van der Waals surface area contributed by atoms with E-state index >= 15 is 0 Å². The number of rotatable bonds is 3. The van der Waals surface area contributed by atoms with E-state index in [4.69, 9.17) is 16.9 Å². The maximum Gasteiger partial charge on any atom is 0.0789 e. The van der Waals surface area contributed by atoms with E-state index in [1.165, 1.54) is 0 Å². The molecule has 1 N–H and O–H groups in total. The molecule has 1 unspecified atom stereocenters. The average molecular weight is 210 g/mol. The first kappa shape index (κ1) is 11.0. The molecule has 0 radical (unpaired) electrons. The van der Waals surface area contributed by atoms with Gasteiger partial charge >= 0.3 is 0 Å². The average Bonchev–Trinajstić information content (AvgIpc) is 2.08. The zero-order chi connectivity index (χ0) is 10.6. The lowest BCUT2D eigenvalue weighted by Gasteiger charge is -2.19. The van der Waals surface area contributed by atoms with Crippen molar-refractivity contribution in [2.45, 2.75) is 25.4 Å². The summed E-state index contributed by atoms with van der Waals surface area (Å²) in [5, 5.41) is 18.9. The van der Waals surface area contributed by atoms with Crippen molar-refractivity contribution < 1.29 is 5.11 Å². The van der Waals surface area contributed by atoms with E-state index in [2.05, 4.69) is 0 Å². The molecular weight excluding hydrogens is 198 g/mol. The van der Waals surface area contributed by atoms with Gasteiger partial charge in [0.25, 0.3) is 0 Å². The van der Waals surface area contributed by atoms with Crippen LogP contribution in [0, 0.1) is 11.3 Å². The molecule has 0 aliphatic carbocycles. The first-order valence-electron chi connectivity index (χ1n) is 4.37. The molecule has 74 valence electrons. The third-order valence-electron chi connectivity index (χ3n) is 1.96. The first-order chi connectivity index (χ1) is 6.53. The summed E-state index contributed by atoms with van der Waals surface area (Å²) in [6.07, 6.45) is 0.605. The van der Waals surface area contributed by atoms with Crippen molar-refractivity contribution in [3.05, 3.63) is 34.9 Å². The summed E-state index contributed by atoms with van der Waals surface area (Å²) < 4.78 is 0. The number of nitrogens with zero attached hydrogens (tertiary/aromatic N) is 1. The Balaban J connectivity index is 2.69. The number of hydrogen-bond donors (Lipinski definition) is 1. The van der Waals surface area contributed by atoms with Crippen LogP contribution in [0.5, 0.6) is 0 Å². The monoisotopic (exact) mass is 209 g/mol. The molecule has 0 saturated carbocycles. The molecule has 0 aliphatic heterocycles. The lowest BCUT2D eigenvalue weighted by atomic mass is 9.94. The fourth-order valence-corrected chi connectivity index (χ4v) is 1.40. The number of aliphatic hydroxyl groups is 1. The van der Waals surface area contributed by atoms with Crippen LogP contribution in [0.25, 0.3) is 0 Å². The van der Waals surface area contributed by atoms with Crippen molar-refractivity contribution in [2.75, 3.05) is 0 Å². The summed E-state index contributed by atoms with van der Waals surface area (Å²) >= 11 is 5.73. The van der Waals surface area contributed by atoms with E-state index in [0.29, 0.717) is 11.4 Å². The van der Waals surface area contributed by atoms with Crippen molar-refractivity contribution in [3.8, 4) is 6.07 Å². The molecule has 2 nitrogen and oxygen atoms in total. The summed E-state index contributed by atoms with van der Waals surface area (Å²) in [7, 11) is 0. The van der Waals surface area contributed by atoms with E-state index in [9.17, 15) is 5.11 Å². The molecule has 0 aromatic heterocycles. The Hall–Kier alpha value is -1.04. The molecule has 1 rings (SSSR count). The van der Waals surface area contributed by atoms with Crippen LogP contribution in [0.2, 0.25) is 5.02 Å². The molecule has 0 spiro atoms. The number of halogens is 1. The van der Waals surface area contributed by atoms with Crippen molar-refractivity contribution in [1.82, 2.24) is 0 Å². The van der Waals surface area contributed by atoms with Gasteiger partial charge in [0.15, 0.2) is 0 Å². The lowest BCUT2D eigenvalue weighted by molar-refractivity contribution is 0.0654. The SMILES string of the molecule is CC(O)(CC#N)Cc1ccc(Cl)cc1. The molecule has 0 bridgehead atoms. The summed E-state index contributed by atoms with van der Waals surface area (Å²) in [6.45, 7) is 1.66. The number of hydrogen-bond acceptors (Lipinski definition) is 2. The number of nitriles is 1. The third kappa shape index (κ3) is 3.37. The molecule has 0 fully saturated rings. The predicted molar refractivity (Wildman–Crippen MR) is 56.0 cm³/mol. The van der Waals surface area contributed by atoms with E-state index in [0.717, 1.165) is 5.56 Å². The fourth-order valence-electron chi connectivity index (χ4n) is 1.27. The van der Waals surface area contributed by atoms with E-state index in [1.807, 2.05) is 18.2 Å². The Morgan fingerprint density at radius 3 is 2.50 bits per heavy atom. The van der Waals surface area contributed by atoms with Gasteiger partial charge in [0, 0.05) is 11.4 Å². The lowest BCUT2D eigenvalue weighted by Crippen LogP contribution is -2.26. The van der Waals surface area contributed by atoms with Crippen molar-refractivity contribution in [3.63, 3.8) is 0 Å². The van der Waals surface area contributed by atoms with Gasteiger partial charge < -0.3 is 5.11 Å². The highest BCUT2D eigenvalue weighted by molar-refractivity contribution is 6.30. The fraction of sp³-hybridized carbons (Fsp3) is 0.364. The Kier molecular flexibility index (Phi) is 3.51. The first-order valence-corrected chi connectivity index (χ1v) is 4.75. The van der Waals surface area contributed by atoms with Gasteiger partial charge in [-0.1, -0.05) is 23.7 Å². The van der Waals surface area contributed by atoms with Gasteiger partial charge in [-0.05, 0) is 24.6 Å². The van der Waals surface area contributed by atoms with Crippen molar-refractivity contribution in [1.29, 1.82) is 5.26 Å². The zero-order valence-corrected chi connectivity index (χ0v) is 8.75. The van der Waals surface area contributed by atoms with E-state index in [-0.39, 0.29) is 6.42 Å². The van der Waals surface area contributed by atoms with Gasteiger partial charge in [0.1, 0.15) is 0 Å². The minimum Gasteiger partial charge on any atom is -0.389 e. The summed E-state index contributed by atoms with van der Waals surface area (Å²) in [4.78, 5) is 0. The quantitative estimate of drug-likeness (QED) is 0.832. The van der Waals surface area contributed by atoms with Gasteiger partial charge in [-0.15, -0.1) is 0 Å². The molecule has 1 atom stereocenters. The van der Waals surface area contributed by atoms with Crippen LogP contribution in [0.15, 0.2) is 24.3 Å². The minimum atomic E-state index is -0.956. The Bertz CT molecular complexity index is 337. The van der Waals surface area contributed by atoms with Gasteiger partial charge in [-0.3, -0.25) is 0 Å². The van der Waals surface area contributed by atoms with Crippen LogP contribution >= 0.6 is 11.6 Å². The highest BCUT2D eigenvalue weighted by atomic mass is 35.5. The van der Waals surface area contributed by atoms with Gasteiger partial charge in [-0.25, -0.2) is 0 Å². The summed E-state index contributed by atoms with van der Waals surface area (Å²) in [5.74, 6) is 0. The second-order valence-corrected chi connectivity index (χ2v) is 4.07. The molecule has 1 aromatic rings. The van der Waals surface area contributed by atoms with E-state index in [1.54, 1.807) is 19.1 Å². The Labute approximate surface area is 88.7 Å². The zero-order valence-electron chi connectivity index (χ0n) is 8.00. The maximum atomic E-state index is 9.78. The van der Waals surface area contributed by atoms with Crippen LogP contribution in [-0.4, -0.2) is 10.7 Å². The highest BCUT2D eigenvalue weighted by Crippen LogP contribution is 2.18. The molecule has 0 saturated heterocycles. The van der Waals surface area contributed by atoms with Crippen LogP contribution in [0.3, 0.4) is 0 Å². The van der Waals surface area contributed by atoms with Crippen molar-refractivity contribution in [2.24, 2.45) is 0 Å². The summed E-state index contributed by atoms with van der Waals surface area (Å²) in [5.41, 5.74) is 0.0254. The number of benzene rings is 1. The predicted octanol–water partition coefficient (Wildman–Crippen LogP) is 2.55. The molecule has 14 heavy (non-hydrogen) atoms. The Morgan fingerprint density at radius 1 is 1.43 bits per heavy atom. The molecule has 1 aromatic carbocycles. The van der Waals surface area contributed by atoms with Gasteiger partial charge in [0.05, 0.1) is 18.1 Å². The minimum absolute atomic E-state index is 0.135. The van der Waals surface area contributed by atoms with Gasteiger partial charge in [-0.2, -0.15) is 5.26 Å². The highest BCUT2D eigenvalue weighted by Gasteiger charge is 2.20. The Morgan fingerprint density at radius 2 is 2.00 bits per heavy atom. The standard InChI is InChI=1S/C11H12ClNO/c1-11(14,6-7-13)8-9-2-4-10(12)5-3-9/h2-5,14H,6,8H2,1H3. The molecule has 0 aliphatic rings. The second-order valence-electron chi connectivity index (χ2n) is 3.64. The third-order valence-corrected chi connectivity index (χ3v) is 2.21. The van der Waals surface area contributed by atoms with Crippen LogP contribution in [0.1, 0.15) is 18.9 Å². The molecular formula is C11H12ClNO. The topological polar surface area (TPSA) is 44.0 Å². The maximum absolute atomic E-state index is 9.78.